The number of hydrogen-bond acceptors (Lipinski definition) is 4. The van der Waals surface area contributed by atoms with Gasteiger partial charge in [-0.25, -0.2) is 0 Å². The molecular formula is C13H21N3O2. The first-order chi connectivity index (χ1) is 8.47. The van der Waals surface area contributed by atoms with Gasteiger partial charge in [0.1, 0.15) is 0 Å². The molecule has 0 atom stereocenters. The second-order valence-corrected chi connectivity index (χ2v) is 4.50. The molecule has 0 fully saturated rings. The Morgan fingerprint density at radius 2 is 2.22 bits per heavy atom. The van der Waals surface area contributed by atoms with Gasteiger partial charge in [-0.15, -0.1) is 0 Å². The van der Waals surface area contributed by atoms with Gasteiger partial charge in [-0.2, -0.15) is 0 Å². The van der Waals surface area contributed by atoms with Crippen molar-refractivity contribution >= 4 is 11.6 Å². The highest BCUT2D eigenvalue weighted by Crippen LogP contribution is 2.15. The fraction of sp³-hybridized carbons (Fsp3) is 0.538. The Morgan fingerprint density at radius 3 is 2.72 bits per heavy atom. The van der Waals surface area contributed by atoms with E-state index in [2.05, 4.69) is 4.98 Å². The zero-order valence-electron chi connectivity index (χ0n) is 11.4. The largest absolute Gasteiger partial charge is 0.398 e. The summed E-state index contributed by atoms with van der Waals surface area (Å²) in [6, 6.07) is 1.80. The van der Waals surface area contributed by atoms with E-state index >= 15 is 0 Å². The minimum atomic E-state index is -0.105. The third kappa shape index (κ3) is 3.43. The smallest absolute Gasteiger partial charge is 0.257 e. The third-order valence-corrected chi connectivity index (χ3v) is 2.72. The lowest BCUT2D eigenvalue weighted by molar-refractivity contribution is 0.0635. The van der Waals surface area contributed by atoms with Gasteiger partial charge in [-0.3, -0.25) is 9.78 Å². The summed E-state index contributed by atoms with van der Waals surface area (Å²) in [5.74, 6) is -0.105. The highest BCUT2D eigenvalue weighted by molar-refractivity contribution is 5.99. The first-order valence-electron chi connectivity index (χ1n) is 5.99. The van der Waals surface area contributed by atoms with E-state index in [9.17, 15) is 4.79 Å². The molecule has 0 saturated heterocycles. The lowest BCUT2D eigenvalue weighted by atomic mass is 10.1. The number of carbonyl (C=O) groups is 1. The zero-order chi connectivity index (χ0) is 13.7. The maximum atomic E-state index is 12.4. The van der Waals surface area contributed by atoms with Crippen LogP contribution in [0, 0.1) is 6.92 Å². The molecule has 5 nitrogen and oxygen atoms in total. The quantitative estimate of drug-likeness (QED) is 0.860. The highest BCUT2D eigenvalue weighted by atomic mass is 16.5. The van der Waals surface area contributed by atoms with Crippen LogP contribution >= 0.6 is 0 Å². The molecule has 18 heavy (non-hydrogen) atoms. The van der Waals surface area contributed by atoms with Crippen LogP contribution in [0.1, 0.15) is 29.9 Å². The van der Waals surface area contributed by atoms with Gasteiger partial charge in [0, 0.05) is 37.3 Å². The predicted octanol–water partition coefficient (Wildman–Crippen LogP) is 1.47. The molecule has 0 unspecified atom stereocenters. The zero-order valence-corrected chi connectivity index (χ0v) is 11.4. The van der Waals surface area contributed by atoms with Crippen LogP contribution in [0.15, 0.2) is 12.3 Å². The number of carbonyl (C=O) groups excluding carboxylic acids is 1. The molecule has 0 aromatic carbocycles. The number of pyridine rings is 1. The van der Waals surface area contributed by atoms with Crippen molar-refractivity contribution < 1.29 is 9.53 Å². The Labute approximate surface area is 108 Å². The second kappa shape index (κ2) is 6.35. The summed E-state index contributed by atoms with van der Waals surface area (Å²) >= 11 is 0. The molecule has 1 rings (SSSR count). The van der Waals surface area contributed by atoms with Crippen molar-refractivity contribution in [1.82, 2.24) is 9.88 Å². The predicted molar refractivity (Wildman–Crippen MR) is 71.4 cm³/mol. The molecule has 0 aliphatic rings. The highest BCUT2D eigenvalue weighted by Gasteiger charge is 2.20. The molecule has 100 valence electrons. The van der Waals surface area contributed by atoms with Crippen molar-refractivity contribution in [3.8, 4) is 0 Å². The molecule has 1 aromatic rings. The number of nitrogens with two attached hydrogens (primary N) is 1. The van der Waals surface area contributed by atoms with Crippen LogP contribution in [0.3, 0.4) is 0 Å². The Morgan fingerprint density at radius 1 is 1.56 bits per heavy atom. The number of methoxy groups -OCH3 is 1. The van der Waals surface area contributed by atoms with Gasteiger partial charge in [0.2, 0.25) is 0 Å². The van der Waals surface area contributed by atoms with Crippen LogP contribution in [-0.4, -0.2) is 42.1 Å². The van der Waals surface area contributed by atoms with E-state index in [0.29, 0.717) is 24.4 Å². The molecule has 5 heteroatoms. The number of nitrogen functional groups attached to an aromatic ring is 1. The van der Waals surface area contributed by atoms with Crippen molar-refractivity contribution in [1.29, 1.82) is 0 Å². The van der Waals surface area contributed by atoms with Crippen LogP contribution in [0.2, 0.25) is 0 Å². The van der Waals surface area contributed by atoms with Crippen LogP contribution < -0.4 is 5.73 Å². The third-order valence-electron chi connectivity index (χ3n) is 2.72. The molecule has 0 aliphatic heterocycles. The molecule has 0 radical (unpaired) electrons. The Balaban J connectivity index is 2.94. The average molecular weight is 251 g/mol. The number of aryl methyl sites for hydroxylation is 1. The topological polar surface area (TPSA) is 68.5 Å². The van der Waals surface area contributed by atoms with Crippen LogP contribution in [0.25, 0.3) is 0 Å². The molecule has 1 amide bonds. The van der Waals surface area contributed by atoms with Gasteiger partial charge in [-0.1, -0.05) is 0 Å². The maximum Gasteiger partial charge on any atom is 0.257 e. The average Bonchev–Trinajstić information content (AvgIpc) is 2.28. The number of amides is 1. The summed E-state index contributed by atoms with van der Waals surface area (Å²) in [6.07, 6.45) is 1.54. The lowest BCUT2D eigenvalue weighted by Crippen LogP contribution is -2.39. The van der Waals surface area contributed by atoms with Crippen LogP contribution in [0.5, 0.6) is 0 Å². The molecule has 0 aliphatic carbocycles. The van der Waals surface area contributed by atoms with E-state index in [1.807, 2.05) is 20.8 Å². The van der Waals surface area contributed by atoms with Crippen LogP contribution in [-0.2, 0) is 4.74 Å². The normalized spacial score (nSPS) is 10.7. The summed E-state index contributed by atoms with van der Waals surface area (Å²) in [7, 11) is 1.62. The van der Waals surface area contributed by atoms with E-state index in [1.54, 1.807) is 18.1 Å². The Bertz CT molecular complexity index is 419. The second-order valence-electron chi connectivity index (χ2n) is 4.50. The number of anilines is 1. The first-order valence-corrected chi connectivity index (χ1v) is 5.99. The number of aromatic nitrogens is 1. The Kier molecular flexibility index (Phi) is 5.09. The summed E-state index contributed by atoms with van der Waals surface area (Å²) in [5.41, 5.74) is 7.59. The molecule has 0 spiro atoms. The van der Waals surface area contributed by atoms with E-state index < -0.39 is 0 Å². The minimum absolute atomic E-state index is 0.0911. The van der Waals surface area contributed by atoms with Gasteiger partial charge in [0.05, 0.1) is 12.2 Å². The summed E-state index contributed by atoms with van der Waals surface area (Å²) in [5, 5.41) is 0. The van der Waals surface area contributed by atoms with Gasteiger partial charge in [0.15, 0.2) is 0 Å². The molecule has 1 aromatic heterocycles. The molecule has 0 saturated carbocycles. The Hall–Kier alpha value is -1.62. The molecule has 2 N–H and O–H groups in total. The van der Waals surface area contributed by atoms with Gasteiger partial charge >= 0.3 is 0 Å². The van der Waals surface area contributed by atoms with Gasteiger partial charge in [-0.05, 0) is 26.8 Å². The number of nitrogens with zero attached hydrogens (tertiary/aromatic N) is 2. The van der Waals surface area contributed by atoms with Crippen LogP contribution in [0.4, 0.5) is 5.69 Å². The minimum Gasteiger partial charge on any atom is -0.398 e. The summed E-state index contributed by atoms with van der Waals surface area (Å²) < 4.78 is 5.02. The van der Waals surface area contributed by atoms with E-state index in [1.165, 1.54) is 6.20 Å². The van der Waals surface area contributed by atoms with E-state index in [-0.39, 0.29) is 11.9 Å². The fourth-order valence-corrected chi connectivity index (χ4v) is 1.70. The number of hydrogen-bond donors (Lipinski definition) is 1. The molecule has 1 heterocycles. The van der Waals surface area contributed by atoms with Crippen molar-refractivity contribution in [2.75, 3.05) is 26.0 Å². The van der Waals surface area contributed by atoms with Crippen molar-refractivity contribution in [3.63, 3.8) is 0 Å². The maximum absolute atomic E-state index is 12.4. The number of ether oxygens (including phenoxy) is 1. The van der Waals surface area contributed by atoms with Crippen molar-refractivity contribution in [3.05, 3.63) is 23.5 Å². The summed E-state index contributed by atoms with van der Waals surface area (Å²) in [4.78, 5) is 18.2. The van der Waals surface area contributed by atoms with Crippen molar-refractivity contribution in [2.24, 2.45) is 0 Å². The monoisotopic (exact) mass is 251 g/mol. The standard InChI is InChI=1S/C13H21N3O2/c1-9(2)16(5-6-18-4)13(17)11-8-15-10(3)7-12(11)14/h7-9H,5-6H2,1-4H3,(H2,14,15). The van der Waals surface area contributed by atoms with Gasteiger partial charge in [0.25, 0.3) is 5.91 Å². The SMILES string of the molecule is COCCN(C(=O)c1cnc(C)cc1N)C(C)C. The van der Waals surface area contributed by atoms with E-state index in [0.717, 1.165) is 5.69 Å². The van der Waals surface area contributed by atoms with Gasteiger partial charge < -0.3 is 15.4 Å². The van der Waals surface area contributed by atoms with E-state index in [4.69, 9.17) is 10.5 Å². The summed E-state index contributed by atoms with van der Waals surface area (Å²) in [6.45, 7) is 6.82. The molecular weight excluding hydrogens is 230 g/mol. The first kappa shape index (κ1) is 14.4. The lowest BCUT2D eigenvalue weighted by Gasteiger charge is -2.26. The number of rotatable bonds is 5. The fourth-order valence-electron chi connectivity index (χ4n) is 1.70. The molecule has 0 bridgehead atoms. The van der Waals surface area contributed by atoms with Crippen molar-refractivity contribution in [2.45, 2.75) is 26.8 Å².